The predicted octanol–water partition coefficient (Wildman–Crippen LogP) is 2.22. The number of nitrogens with zero attached hydrogens (tertiary/aromatic N) is 1. The number of methoxy groups -OCH3 is 2. The van der Waals surface area contributed by atoms with Crippen LogP contribution >= 0.6 is 0 Å². The topological polar surface area (TPSA) is 121 Å². The number of aryl methyl sites for hydroxylation is 1. The maximum absolute atomic E-state index is 12.9. The molecule has 1 aliphatic rings. The second kappa shape index (κ2) is 8.75. The minimum Gasteiger partial charge on any atom is -0.494 e. The Balaban J connectivity index is 1.52. The van der Waals surface area contributed by atoms with Gasteiger partial charge in [-0.15, -0.1) is 0 Å². The highest BCUT2D eigenvalue weighted by Crippen LogP contribution is 2.35. The summed E-state index contributed by atoms with van der Waals surface area (Å²) in [4.78, 5) is 31.2. The molecule has 3 heterocycles. The van der Waals surface area contributed by atoms with Crippen LogP contribution in [0.4, 0.5) is 0 Å². The SMILES string of the molecule is COc1ccc(CCn2c(O)c([C@@H]3NCCc4c3[nH]c3ccccc43)c(=O)[nH]c2=O)cc1OC. The van der Waals surface area contributed by atoms with Crippen LogP contribution in [-0.4, -0.2) is 40.4 Å². The lowest BCUT2D eigenvalue weighted by Crippen LogP contribution is -2.39. The van der Waals surface area contributed by atoms with Crippen molar-refractivity contribution in [3.8, 4) is 17.4 Å². The molecule has 2 aromatic carbocycles. The van der Waals surface area contributed by atoms with Crippen LogP contribution in [0.3, 0.4) is 0 Å². The Bertz CT molecular complexity index is 1480. The molecule has 9 nitrogen and oxygen atoms in total. The Morgan fingerprint density at radius 3 is 2.65 bits per heavy atom. The zero-order valence-electron chi connectivity index (χ0n) is 19.0. The van der Waals surface area contributed by atoms with Crippen molar-refractivity contribution >= 4 is 10.9 Å². The first-order valence-electron chi connectivity index (χ1n) is 11.1. The Morgan fingerprint density at radius 1 is 1.06 bits per heavy atom. The van der Waals surface area contributed by atoms with Gasteiger partial charge in [0.05, 0.1) is 20.3 Å². The third-order valence-electron chi connectivity index (χ3n) is 6.43. The van der Waals surface area contributed by atoms with Crippen LogP contribution in [0.15, 0.2) is 52.1 Å². The Hall–Kier alpha value is -3.98. The number of aromatic amines is 2. The zero-order valence-corrected chi connectivity index (χ0v) is 19.0. The highest BCUT2D eigenvalue weighted by Gasteiger charge is 2.30. The number of H-pyrrole nitrogens is 2. The molecule has 0 unspecified atom stereocenters. The van der Waals surface area contributed by atoms with E-state index in [2.05, 4.69) is 15.3 Å². The van der Waals surface area contributed by atoms with Crippen LogP contribution < -0.4 is 26.0 Å². The second-order valence-electron chi connectivity index (χ2n) is 8.29. The molecule has 0 bridgehead atoms. The van der Waals surface area contributed by atoms with Crippen molar-refractivity contribution in [3.05, 3.63) is 85.7 Å². The molecule has 0 aliphatic carbocycles. The van der Waals surface area contributed by atoms with Gasteiger partial charge in [0.1, 0.15) is 5.56 Å². The number of aromatic nitrogens is 3. The summed E-state index contributed by atoms with van der Waals surface area (Å²) in [6.45, 7) is 0.819. The van der Waals surface area contributed by atoms with Gasteiger partial charge >= 0.3 is 5.69 Å². The van der Waals surface area contributed by atoms with Crippen LogP contribution in [0.2, 0.25) is 0 Å². The summed E-state index contributed by atoms with van der Waals surface area (Å²) in [5.74, 6) is 0.852. The highest BCUT2D eigenvalue weighted by molar-refractivity contribution is 5.85. The Morgan fingerprint density at radius 2 is 1.85 bits per heavy atom. The van der Waals surface area contributed by atoms with Gasteiger partial charge in [-0.2, -0.15) is 0 Å². The van der Waals surface area contributed by atoms with Gasteiger partial charge in [0.25, 0.3) is 5.56 Å². The lowest BCUT2D eigenvalue weighted by molar-refractivity contribution is 0.354. The summed E-state index contributed by atoms with van der Waals surface area (Å²) < 4.78 is 11.8. The third-order valence-corrected chi connectivity index (χ3v) is 6.43. The molecule has 9 heteroatoms. The molecule has 1 atom stereocenters. The molecule has 0 spiro atoms. The van der Waals surface area contributed by atoms with Crippen LogP contribution in [0.5, 0.6) is 17.4 Å². The number of nitrogens with one attached hydrogen (secondary N) is 3. The first-order valence-corrected chi connectivity index (χ1v) is 11.1. The second-order valence-corrected chi connectivity index (χ2v) is 8.29. The number of ether oxygens (including phenoxy) is 2. The molecular formula is C25H26N4O5. The van der Waals surface area contributed by atoms with Gasteiger partial charge in [-0.25, -0.2) is 4.79 Å². The number of benzene rings is 2. The first kappa shape index (κ1) is 21.8. The van der Waals surface area contributed by atoms with E-state index in [1.165, 1.54) is 4.57 Å². The molecule has 176 valence electrons. The summed E-state index contributed by atoms with van der Waals surface area (Å²) in [5, 5.41) is 15.5. The average Bonchev–Trinajstić information content (AvgIpc) is 3.23. The summed E-state index contributed by atoms with van der Waals surface area (Å²) >= 11 is 0. The molecule has 4 aromatic rings. The van der Waals surface area contributed by atoms with Crippen molar-refractivity contribution < 1.29 is 14.6 Å². The van der Waals surface area contributed by atoms with E-state index < -0.39 is 17.3 Å². The minimum atomic E-state index is -0.653. The standard InChI is InChI=1S/C25H26N4O5/c1-33-18-8-7-14(13-19(18)34-2)10-12-29-24(31)20(23(30)28-25(29)32)22-21-16(9-11-26-22)15-5-3-4-6-17(15)27-21/h3-8,13,22,26-27,31H,9-12H2,1-2H3,(H,28,30,32)/t22-/m0/s1. The van der Waals surface area contributed by atoms with E-state index in [9.17, 15) is 14.7 Å². The van der Waals surface area contributed by atoms with E-state index >= 15 is 0 Å². The number of para-hydroxylation sites is 1. The number of fused-ring (bicyclic) bond motifs is 3. The van der Waals surface area contributed by atoms with Crippen LogP contribution in [0, 0.1) is 0 Å². The predicted molar refractivity (Wildman–Crippen MR) is 128 cm³/mol. The van der Waals surface area contributed by atoms with E-state index in [0.29, 0.717) is 24.5 Å². The van der Waals surface area contributed by atoms with Crippen LogP contribution in [0.1, 0.15) is 28.4 Å². The lowest BCUT2D eigenvalue weighted by atomic mass is 9.95. The van der Waals surface area contributed by atoms with Crippen molar-refractivity contribution in [1.82, 2.24) is 19.9 Å². The maximum atomic E-state index is 12.9. The van der Waals surface area contributed by atoms with Gasteiger partial charge in [0.2, 0.25) is 5.88 Å². The minimum absolute atomic E-state index is 0.124. The van der Waals surface area contributed by atoms with Crippen molar-refractivity contribution in [2.45, 2.75) is 25.4 Å². The van der Waals surface area contributed by atoms with Gasteiger partial charge in [-0.1, -0.05) is 24.3 Å². The largest absolute Gasteiger partial charge is 0.494 e. The monoisotopic (exact) mass is 462 g/mol. The lowest BCUT2D eigenvalue weighted by Gasteiger charge is -2.25. The number of rotatable bonds is 6. The fourth-order valence-electron chi connectivity index (χ4n) is 4.75. The van der Waals surface area contributed by atoms with Gasteiger partial charge in [-0.3, -0.25) is 14.3 Å². The molecule has 1 aliphatic heterocycles. The van der Waals surface area contributed by atoms with E-state index in [1.807, 2.05) is 36.4 Å². The van der Waals surface area contributed by atoms with Gasteiger partial charge in [0.15, 0.2) is 11.5 Å². The number of hydrogen-bond acceptors (Lipinski definition) is 6. The van der Waals surface area contributed by atoms with Crippen molar-refractivity contribution in [3.63, 3.8) is 0 Å². The quantitative estimate of drug-likeness (QED) is 0.349. The smallest absolute Gasteiger partial charge is 0.331 e. The van der Waals surface area contributed by atoms with E-state index in [1.54, 1.807) is 20.3 Å². The van der Waals surface area contributed by atoms with Crippen molar-refractivity contribution in [2.24, 2.45) is 0 Å². The molecule has 34 heavy (non-hydrogen) atoms. The molecule has 5 rings (SSSR count). The summed E-state index contributed by atoms with van der Waals surface area (Å²) in [5.41, 5.74) is 2.68. The average molecular weight is 463 g/mol. The Labute approximate surface area is 195 Å². The highest BCUT2D eigenvalue weighted by atomic mass is 16.5. The molecular weight excluding hydrogens is 436 g/mol. The van der Waals surface area contributed by atoms with Crippen molar-refractivity contribution in [2.75, 3.05) is 20.8 Å². The third kappa shape index (κ3) is 3.63. The van der Waals surface area contributed by atoms with Gasteiger partial charge < -0.3 is 24.9 Å². The van der Waals surface area contributed by atoms with E-state index in [4.69, 9.17) is 9.47 Å². The fraction of sp³-hybridized carbons (Fsp3) is 0.280. The summed E-state index contributed by atoms with van der Waals surface area (Å²) in [6.07, 6.45) is 1.24. The first-order chi connectivity index (χ1) is 16.5. The fourth-order valence-corrected chi connectivity index (χ4v) is 4.75. The number of hydrogen-bond donors (Lipinski definition) is 4. The molecule has 2 aromatic heterocycles. The molecule has 4 N–H and O–H groups in total. The van der Waals surface area contributed by atoms with E-state index in [0.717, 1.165) is 34.1 Å². The van der Waals surface area contributed by atoms with Gasteiger partial charge in [0, 0.05) is 29.7 Å². The van der Waals surface area contributed by atoms with Gasteiger partial charge in [-0.05, 0) is 42.2 Å². The molecule has 0 amide bonds. The van der Waals surface area contributed by atoms with Crippen molar-refractivity contribution in [1.29, 1.82) is 0 Å². The van der Waals surface area contributed by atoms with Crippen LogP contribution in [-0.2, 0) is 19.4 Å². The normalized spacial score (nSPS) is 15.3. The van der Waals surface area contributed by atoms with E-state index in [-0.39, 0.29) is 18.0 Å². The molecule has 0 radical (unpaired) electrons. The molecule has 0 saturated heterocycles. The summed E-state index contributed by atoms with van der Waals surface area (Å²) in [6, 6.07) is 12.9. The molecule has 0 fully saturated rings. The maximum Gasteiger partial charge on any atom is 0.331 e. The Kier molecular flexibility index (Phi) is 5.62. The van der Waals surface area contributed by atoms with Crippen LogP contribution in [0.25, 0.3) is 10.9 Å². The summed E-state index contributed by atoms with van der Waals surface area (Å²) in [7, 11) is 3.12. The zero-order chi connectivity index (χ0) is 23.8. The number of aromatic hydroxyl groups is 1. The molecule has 0 saturated carbocycles.